The first-order valence-corrected chi connectivity index (χ1v) is 4.99. The van der Waals surface area contributed by atoms with E-state index in [1.165, 1.54) is 6.07 Å². The van der Waals surface area contributed by atoms with Crippen LogP contribution in [-0.2, 0) is 0 Å². The van der Waals surface area contributed by atoms with E-state index in [0.29, 0.717) is 5.39 Å². The fourth-order valence-corrected chi connectivity index (χ4v) is 1.70. The lowest BCUT2D eigenvalue weighted by Crippen LogP contribution is -2.17. The first-order valence-electron chi connectivity index (χ1n) is 4.24. The van der Waals surface area contributed by atoms with Gasteiger partial charge in [0.2, 0.25) is 5.28 Å². The van der Waals surface area contributed by atoms with Gasteiger partial charge in [0.05, 0.1) is 5.52 Å². The second-order valence-electron chi connectivity index (χ2n) is 3.01. The molecule has 0 radical (unpaired) electrons. The van der Waals surface area contributed by atoms with Crippen LogP contribution in [0.3, 0.4) is 0 Å². The molecular formula is C9H3Cl2F3N2O. The Morgan fingerprint density at radius 2 is 1.82 bits per heavy atom. The van der Waals surface area contributed by atoms with Crippen molar-refractivity contribution < 1.29 is 17.9 Å². The SMILES string of the molecule is FC(F)(F)Oc1ccc2c(Cl)nc(Cl)nc2c1. The second-order valence-corrected chi connectivity index (χ2v) is 3.71. The molecule has 0 amide bonds. The predicted molar refractivity (Wildman–Crippen MR) is 56.2 cm³/mol. The minimum absolute atomic E-state index is 0.0681. The third-order valence-corrected chi connectivity index (χ3v) is 2.29. The molecule has 0 bridgehead atoms. The molecule has 1 aromatic carbocycles. The highest BCUT2D eigenvalue weighted by atomic mass is 35.5. The van der Waals surface area contributed by atoms with Crippen LogP contribution < -0.4 is 4.74 Å². The van der Waals surface area contributed by atoms with E-state index in [9.17, 15) is 13.2 Å². The number of hydrogen-bond acceptors (Lipinski definition) is 3. The Balaban J connectivity index is 2.50. The van der Waals surface area contributed by atoms with Crippen LogP contribution in [0.2, 0.25) is 10.4 Å². The minimum atomic E-state index is -4.76. The number of alkyl halides is 3. The summed E-state index contributed by atoms with van der Waals surface area (Å²) >= 11 is 11.3. The molecule has 0 saturated carbocycles. The van der Waals surface area contributed by atoms with Gasteiger partial charge in [-0.3, -0.25) is 0 Å². The summed E-state index contributed by atoms with van der Waals surface area (Å²) in [6.45, 7) is 0. The molecule has 17 heavy (non-hydrogen) atoms. The molecule has 1 heterocycles. The Kier molecular flexibility index (Phi) is 3.01. The number of hydrogen-bond donors (Lipinski definition) is 0. The number of fused-ring (bicyclic) bond motifs is 1. The smallest absolute Gasteiger partial charge is 0.406 e. The summed E-state index contributed by atoms with van der Waals surface area (Å²) in [5.74, 6) is -0.393. The molecule has 8 heteroatoms. The third kappa shape index (κ3) is 2.89. The highest BCUT2D eigenvalue weighted by Crippen LogP contribution is 2.28. The van der Waals surface area contributed by atoms with Gasteiger partial charge in [0.1, 0.15) is 10.9 Å². The summed E-state index contributed by atoms with van der Waals surface area (Å²) in [6.07, 6.45) is -4.76. The maximum atomic E-state index is 12.0. The molecule has 2 rings (SSSR count). The Hall–Kier alpha value is -1.27. The van der Waals surface area contributed by atoms with Gasteiger partial charge in [-0.25, -0.2) is 9.97 Å². The first-order chi connectivity index (χ1) is 7.85. The monoisotopic (exact) mass is 282 g/mol. The van der Waals surface area contributed by atoms with Gasteiger partial charge in [0.15, 0.2) is 0 Å². The van der Waals surface area contributed by atoms with Crippen molar-refractivity contribution in [1.82, 2.24) is 9.97 Å². The van der Waals surface area contributed by atoms with Crippen LogP contribution in [0, 0.1) is 0 Å². The molecule has 0 saturated heterocycles. The van der Waals surface area contributed by atoms with Crippen molar-refractivity contribution in [1.29, 1.82) is 0 Å². The normalized spacial score (nSPS) is 11.8. The van der Waals surface area contributed by atoms with Crippen LogP contribution >= 0.6 is 23.2 Å². The van der Waals surface area contributed by atoms with Crippen LogP contribution in [0.25, 0.3) is 10.9 Å². The van der Waals surface area contributed by atoms with Crippen molar-refractivity contribution in [3.8, 4) is 5.75 Å². The summed E-state index contributed by atoms with van der Waals surface area (Å²) in [5.41, 5.74) is 0.178. The van der Waals surface area contributed by atoms with Crippen molar-refractivity contribution >= 4 is 34.1 Å². The van der Waals surface area contributed by atoms with Gasteiger partial charge in [-0.1, -0.05) is 11.6 Å². The average molecular weight is 283 g/mol. The van der Waals surface area contributed by atoms with E-state index in [1.807, 2.05) is 0 Å². The summed E-state index contributed by atoms with van der Waals surface area (Å²) < 4.78 is 39.7. The highest BCUT2D eigenvalue weighted by molar-refractivity contribution is 6.35. The van der Waals surface area contributed by atoms with E-state index in [1.54, 1.807) is 0 Å². The topological polar surface area (TPSA) is 35.0 Å². The third-order valence-electron chi connectivity index (χ3n) is 1.83. The molecule has 0 fully saturated rings. The van der Waals surface area contributed by atoms with Crippen molar-refractivity contribution in [2.45, 2.75) is 6.36 Å². The maximum Gasteiger partial charge on any atom is 0.573 e. The fraction of sp³-hybridized carbons (Fsp3) is 0.111. The van der Waals surface area contributed by atoms with Gasteiger partial charge in [-0.2, -0.15) is 0 Å². The van der Waals surface area contributed by atoms with Gasteiger partial charge in [0.25, 0.3) is 0 Å². The van der Waals surface area contributed by atoms with E-state index in [4.69, 9.17) is 23.2 Å². The van der Waals surface area contributed by atoms with Gasteiger partial charge < -0.3 is 4.74 Å². The van der Waals surface area contributed by atoms with E-state index >= 15 is 0 Å². The Morgan fingerprint density at radius 1 is 1.12 bits per heavy atom. The Bertz CT molecular complexity index is 574. The molecule has 0 atom stereocenters. The standard InChI is InChI=1S/C9H3Cl2F3N2O/c10-7-5-2-1-4(17-9(12,13)14)3-6(5)15-8(11)16-7/h1-3H. The van der Waals surface area contributed by atoms with Crippen molar-refractivity contribution in [2.24, 2.45) is 0 Å². The minimum Gasteiger partial charge on any atom is -0.406 e. The quantitative estimate of drug-likeness (QED) is 0.589. The zero-order chi connectivity index (χ0) is 12.6. The lowest BCUT2D eigenvalue weighted by Gasteiger charge is -2.09. The molecule has 0 spiro atoms. The average Bonchev–Trinajstić information content (AvgIpc) is 2.13. The number of aromatic nitrogens is 2. The number of nitrogens with zero attached hydrogens (tertiary/aromatic N) is 2. The number of benzene rings is 1. The van der Waals surface area contributed by atoms with E-state index in [0.717, 1.165) is 12.1 Å². The molecule has 3 nitrogen and oxygen atoms in total. The molecular weight excluding hydrogens is 280 g/mol. The Morgan fingerprint density at radius 3 is 2.47 bits per heavy atom. The fourth-order valence-electron chi connectivity index (χ4n) is 1.24. The number of ether oxygens (including phenoxy) is 1. The van der Waals surface area contributed by atoms with Gasteiger partial charge in [-0.05, 0) is 23.7 Å². The van der Waals surface area contributed by atoms with E-state index in [2.05, 4.69) is 14.7 Å². The lowest BCUT2D eigenvalue weighted by molar-refractivity contribution is -0.274. The van der Waals surface area contributed by atoms with Crippen LogP contribution in [0.15, 0.2) is 18.2 Å². The van der Waals surface area contributed by atoms with Crippen molar-refractivity contribution in [3.05, 3.63) is 28.6 Å². The van der Waals surface area contributed by atoms with Gasteiger partial charge in [0, 0.05) is 11.5 Å². The molecule has 0 aliphatic heterocycles. The molecule has 0 aliphatic carbocycles. The van der Waals surface area contributed by atoms with Crippen LogP contribution in [0.5, 0.6) is 5.75 Å². The number of halogens is 5. The van der Waals surface area contributed by atoms with Crippen LogP contribution in [0.4, 0.5) is 13.2 Å². The summed E-state index contributed by atoms with van der Waals surface area (Å²) in [5, 5.41) is 0.316. The van der Waals surface area contributed by atoms with Gasteiger partial charge >= 0.3 is 6.36 Å². The van der Waals surface area contributed by atoms with E-state index < -0.39 is 12.1 Å². The first kappa shape index (κ1) is 12.2. The van der Waals surface area contributed by atoms with Gasteiger partial charge in [-0.15, -0.1) is 13.2 Å². The lowest BCUT2D eigenvalue weighted by atomic mass is 10.2. The van der Waals surface area contributed by atoms with Crippen molar-refractivity contribution in [2.75, 3.05) is 0 Å². The summed E-state index contributed by atoms with van der Waals surface area (Å²) in [4.78, 5) is 7.41. The summed E-state index contributed by atoms with van der Waals surface area (Å²) in [7, 11) is 0. The number of rotatable bonds is 1. The van der Waals surface area contributed by atoms with E-state index in [-0.39, 0.29) is 16.0 Å². The van der Waals surface area contributed by atoms with Crippen LogP contribution in [-0.4, -0.2) is 16.3 Å². The summed E-state index contributed by atoms with van der Waals surface area (Å²) in [6, 6.07) is 3.54. The Labute approximate surface area is 103 Å². The molecule has 0 unspecified atom stereocenters. The van der Waals surface area contributed by atoms with Crippen molar-refractivity contribution in [3.63, 3.8) is 0 Å². The zero-order valence-electron chi connectivity index (χ0n) is 7.92. The molecule has 0 aliphatic rings. The molecule has 90 valence electrons. The molecule has 1 aromatic heterocycles. The largest absolute Gasteiger partial charge is 0.573 e. The van der Waals surface area contributed by atoms with Crippen LogP contribution in [0.1, 0.15) is 0 Å². The molecule has 2 aromatic rings. The predicted octanol–water partition coefficient (Wildman–Crippen LogP) is 3.84. The maximum absolute atomic E-state index is 12.0. The molecule has 0 N–H and O–H groups in total. The highest BCUT2D eigenvalue weighted by Gasteiger charge is 2.31. The second kappa shape index (κ2) is 4.19. The zero-order valence-corrected chi connectivity index (χ0v) is 9.44.